The number of rotatable bonds is 3. The molecule has 1 aliphatic carbocycles. The summed E-state index contributed by atoms with van der Waals surface area (Å²) < 4.78 is 1.87. The molecule has 1 amide bonds. The maximum absolute atomic E-state index is 13.1. The van der Waals surface area contributed by atoms with Crippen molar-refractivity contribution in [2.45, 2.75) is 50.7 Å². The zero-order chi connectivity index (χ0) is 17.2. The van der Waals surface area contributed by atoms with Gasteiger partial charge in [0, 0.05) is 37.1 Å². The summed E-state index contributed by atoms with van der Waals surface area (Å²) in [7, 11) is 0. The minimum absolute atomic E-state index is 0.0257. The van der Waals surface area contributed by atoms with E-state index >= 15 is 0 Å². The van der Waals surface area contributed by atoms with E-state index in [1.807, 2.05) is 27.8 Å². The fourth-order valence-electron chi connectivity index (χ4n) is 4.33. The number of amides is 1. The Morgan fingerprint density at radius 3 is 2.84 bits per heavy atom. The average molecular weight is 340 g/mol. The minimum atomic E-state index is -0.280. The SMILES string of the molecule is O=C(c1cc(-n2ccnc2)ccn1)N1CCCC1C1CCCCC1O. The predicted molar refractivity (Wildman–Crippen MR) is 93.4 cm³/mol. The number of aliphatic hydroxyl groups is 1. The van der Waals surface area contributed by atoms with Crippen LogP contribution in [0.15, 0.2) is 37.1 Å². The first kappa shape index (κ1) is 16.3. The number of aliphatic hydroxyl groups excluding tert-OH is 1. The molecule has 132 valence electrons. The van der Waals surface area contributed by atoms with Gasteiger partial charge in [-0.25, -0.2) is 4.98 Å². The fourth-order valence-corrected chi connectivity index (χ4v) is 4.33. The lowest BCUT2D eigenvalue weighted by Crippen LogP contribution is -2.45. The van der Waals surface area contributed by atoms with E-state index in [1.54, 1.807) is 18.7 Å². The zero-order valence-electron chi connectivity index (χ0n) is 14.3. The maximum atomic E-state index is 13.1. The molecule has 1 saturated heterocycles. The highest BCUT2D eigenvalue weighted by molar-refractivity contribution is 5.93. The molecule has 0 bridgehead atoms. The fraction of sp³-hybridized carbons (Fsp3) is 0.526. The summed E-state index contributed by atoms with van der Waals surface area (Å²) in [5.41, 5.74) is 1.34. The van der Waals surface area contributed by atoms with Crippen LogP contribution in [0.3, 0.4) is 0 Å². The van der Waals surface area contributed by atoms with Gasteiger partial charge in [0.25, 0.3) is 5.91 Å². The van der Waals surface area contributed by atoms with Crippen molar-refractivity contribution in [3.8, 4) is 5.69 Å². The summed E-state index contributed by atoms with van der Waals surface area (Å²) >= 11 is 0. The van der Waals surface area contributed by atoms with Crippen LogP contribution in [0.5, 0.6) is 0 Å². The highest BCUT2D eigenvalue weighted by Crippen LogP contribution is 2.35. The molecule has 3 heterocycles. The highest BCUT2D eigenvalue weighted by Gasteiger charge is 2.39. The zero-order valence-corrected chi connectivity index (χ0v) is 14.3. The second-order valence-corrected chi connectivity index (χ2v) is 7.09. The third-order valence-electron chi connectivity index (χ3n) is 5.60. The normalized spacial score (nSPS) is 26.8. The Labute approximate surface area is 147 Å². The second-order valence-electron chi connectivity index (χ2n) is 7.09. The Morgan fingerprint density at radius 2 is 2.04 bits per heavy atom. The molecular formula is C19H24N4O2. The van der Waals surface area contributed by atoms with E-state index in [-0.39, 0.29) is 24.0 Å². The largest absolute Gasteiger partial charge is 0.393 e. The second kappa shape index (κ2) is 6.96. The smallest absolute Gasteiger partial charge is 0.272 e. The lowest BCUT2D eigenvalue weighted by Gasteiger charge is -2.37. The molecule has 2 aliphatic rings. The Kier molecular flexibility index (Phi) is 4.53. The number of hydrogen-bond donors (Lipinski definition) is 1. The molecule has 4 rings (SSSR count). The van der Waals surface area contributed by atoms with E-state index in [9.17, 15) is 9.90 Å². The lowest BCUT2D eigenvalue weighted by molar-refractivity contribution is 0.0209. The van der Waals surface area contributed by atoms with Gasteiger partial charge in [-0.2, -0.15) is 0 Å². The molecule has 0 spiro atoms. The van der Waals surface area contributed by atoms with E-state index in [2.05, 4.69) is 9.97 Å². The number of carbonyl (C=O) groups is 1. The standard InChI is InChI=1S/C19H24N4O2/c24-18-6-2-1-4-15(18)17-5-3-10-23(17)19(25)16-12-14(7-8-21-16)22-11-9-20-13-22/h7-9,11-13,15,17-18,24H,1-6,10H2. The summed E-state index contributed by atoms with van der Waals surface area (Å²) in [6, 6.07) is 3.82. The van der Waals surface area contributed by atoms with Crippen molar-refractivity contribution >= 4 is 5.91 Å². The summed E-state index contributed by atoms with van der Waals surface area (Å²) in [6.45, 7) is 0.754. The average Bonchev–Trinajstić information content (AvgIpc) is 3.33. The molecular weight excluding hydrogens is 316 g/mol. The number of carbonyl (C=O) groups excluding carboxylic acids is 1. The van der Waals surface area contributed by atoms with Crippen LogP contribution in [-0.4, -0.2) is 49.1 Å². The van der Waals surface area contributed by atoms with E-state index < -0.39 is 0 Å². The molecule has 1 saturated carbocycles. The van der Waals surface area contributed by atoms with Gasteiger partial charge in [-0.3, -0.25) is 9.78 Å². The number of imidazole rings is 1. The third-order valence-corrected chi connectivity index (χ3v) is 5.60. The molecule has 3 atom stereocenters. The van der Waals surface area contributed by atoms with Crippen LogP contribution in [0.2, 0.25) is 0 Å². The van der Waals surface area contributed by atoms with Crippen LogP contribution < -0.4 is 0 Å². The van der Waals surface area contributed by atoms with Gasteiger partial charge in [0.1, 0.15) is 5.69 Å². The van der Waals surface area contributed by atoms with Gasteiger partial charge in [-0.15, -0.1) is 0 Å². The molecule has 2 aromatic rings. The van der Waals surface area contributed by atoms with Crippen molar-refractivity contribution in [2.24, 2.45) is 5.92 Å². The molecule has 2 fully saturated rings. The first-order valence-electron chi connectivity index (χ1n) is 9.17. The number of nitrogens with zero attached hydrogens (tertiary/aromatic N) is 4. The molecule has 1 N–H and O–H groups in total. The Hall–Kier alpha value is -2.21. The Balaban J connectivity index is 1.56. The van der Waals surface area contributed by atoms with Crippen molar-refractivity contribution in [3.05, 3.63) is 42.7 Å². The summed E-state index contributed by atoms with van der Waals surface area (Å²) in [4.78, 5) is 23.4. The summed E-state index contributed by atoms with van der Waals surface area (Å²) in [6.07, 6.45) is 12.7. The van der Waals surface area contributed by atoms with Crippen LogP contribution in [0.1, 0.15) is 49.0 Å². The van der Waals surface area contributed by atoms with Crippen LogP contribution in [0, 0.1) is 5.92 Å². The number of hydrogen-bond acceptors (Lipinski definition) is 4. The molecule has 25 heavy (non-hydrogen) atoms. The van der Waals surface area contributed by atoms with E-state index in [0.29, 0.717) is 5.69 Å². The van der Waals surface area contributed by atoms with Gasteiger partial charge < -0.3 is 14.6 Å². The third kappa shape index (κ3) is 3.18. The van der Waals surface area contributed by atoms with Crippen molar-refractivity contribution in [1.29, 1.82) is 0 Å². The van der Waals surface area contributed by atoms with Crippen molar-refractivity contribution in [3.63, 3.8) is 0 Å². The number of likely N-dealkylation sites (tertiary alicyclic amines) is 1. The molecule has 2 aromatic heterocycles. The molecule has 1 aliphatic heterocycles. The quantitative estimate of drug-likeness (QED) is 0.931. The van der Waals surface area contributed by atoms with Crippen LogP contribution in [0.25, 0.3) is 5.69 Å². The van der Waals surface area contributed by atoms with E-state index in [0.717, 1.165) is 50.8 Å². The van der Waals surface area contributed by atoms with Gasteiger partial charge in [0.05, 0.1) is 18.1 Å². The van der Waals surface area contributed by atoms with Gasteiger partial charge in [-0.1, -0.05) is 12.8 Å². The molecule has 6 nitrogen and oxygen atoms in total. The van der Waals surface area contributed by atoms with Gasteiger partial charge in [0.2, 0.25) is 0 Å². The summed E-state index contributed by atoms with van der Waals surface area (Å²) in [5, 5.41) is 10.4. The first-order valence-corrected chi connectivity index (χ1v) is 9.17. The van der Waals surface area contributed by atoms with Gasteiger partial charge >= 0.3 is 0 Å². The van der Waals surface area contributed by atoms with Crippen molar-refractivity contribution in [1.82, 2.24) is 19.4 Å². The predicted octanol–water partition coefficient (Wildman–Crippen LogP) is 2.42. The van der Waals surface area contributed by atoms with Crippen LogP contribution in [-0.2, 0) is 0 Å². The Morgan fingerprint density at radius 1 is 1.16 bits per heavy atom. The van der Waals surface area contributed by atoms with Crippen LogP contribution in [0.4, 0.5) is 0 Å². The van der Waals surface area contributed by atoms with Crippen molar-refractivity contribution in [2.75, 3.05) is 6.54 Å². The molecule has 0 radical (unpaired) electrons. The van der Waals surface area contributed by atoms with E-state index in [4.69, 9.17) is 0 Å². The van der Waals surface area contributed by atoms with Crippen LogP contribution >= 0.6 is 0 Å². The number of pyridine rings is 1. The topological polar surface area (TPSA) is 71.2 Å². The maximum Gasteiger partial charge on any atom is 0.272 e. The van der Waals surface area contributed by atoms with Gasteiger partial charge in [-0.05, 0) is 37.8 Å². The molecule has 6 heteroatoms. The molecule has 3 unspecified atom stereocenters. The molecule has 0 aromatic carbocycles. The highest BCUT2D eigenvalue weighted by atomic mass is 16.3. The summed E-state index contributed by atoms with van der Waals surface area (Å²) in [5.74, 6) is 0.180. The minimum Gasteiger partial charge on any atom is -0.393 e. The van der Waals surface area contributed by atoms with Gasteiger partial charge in [0.15, 0.2) is 0 Å². The Bertz CT molecular complexity index is 731. The monoisotopic (exact) mass is 340 g/mol. The lowest BCUT2D eigenvalue weighted by atomic mass is 9.80. The number of aromatic nitrogens is 3. The van der Waals surface area contributed by atoms with E-state index in [1.165, 1.54) is 0 Å². The first-order chi connectivity index (χ1) is 12.2. The van der Waals surface area contributed by atoms with Crippen molar-refractivity contribution < 1.29 is 9.90 Å².